The lowest BCUT2D eigenvalue weighted by Gasteiger charge is -2.23. The number of nitrogens with one attached hydrogen (secondary N) is 1. The van der Waals surface area contributed by atoms with Crippen LogP contribution >= 0.6 is 0 Å². The van der Waals surface area contributed by atoms with Crippen LogP contribution in [0.15, 0.2) is 18.2 Å². The predicted octanol–water partition coefficient (Wildman–Crippen LogP) is 3.14. The van der Waals surface area contributed by atoms with Gasteiger partial charge in [-0.1, -0.05) is 0 Å². The third kappa shape index (κ3) is 3.75. The second kappa shape index (κ2) is 7.17. The molecule has 1 atom stereocenters. The summed E-state index contributed by atoms with van der Waals surface area (Å²) in [6, 6.07) is 4.05. The number of hydrogen-bond donors (Lipinski definition) is 2. The first-order valence-corrected chi connectivity index (χ1v) is 8.32. The van der Waals surface area contributed by atoms with E-state index in [-0.39, 0.29) is 30.5 Å². The Balaban J connectivity index is 1.62. The highest BCUT2D eigenvalue weighted by Crippen LogP contribution is 2.28. The fraction of sp³-hybridized carbons (Fsp3) is 0.588. The summed E-state index contributed by atoms with van der Waals surface area (Å²) in [6.07, 6.45) is 5.96. The Labute approximate surface area is 135 Å². The molecule has 1 aliphatic carbocycles. The highest BCUT2D eigenvalue weighted by molar-refractivity contribution is 5.89. The highest BCUT2D eigenvalue weighted by Gasteiger charge is 2.28. The van der Waals surface area contributed by atoms with Crippen molar-refractivity contribution in [3.05, 3.63) is 24.0 Å². The second-order valence-corrected chi connectivity index (χ2v) is 6.27. The molecule has 5 nitrogen and oxygen atoms in total. The van der Waals surface area contributed by atoms with E-state index in [1.54, 1.807) is 17.0 Å². The molecule has 1 aromatic rings. The van der Waals surface area contributed by atoms with Gasteiger partial charge >= 0.3 is 6.03 Å². The van der Waals surface area contributed by atoms with Gasteiger partial charge in [0.25, 0.3) is 0 Å². The van der Waals surface area contributed by atoms with Gasteiger partial charge in [-0.05, 0) is 50.7 Å². The zero-order valence-corrected chi connectivity index (χ0v) is 13.1. The van der Waals surface area contributed by atoms with Gasteiger partial charge in [0.1, 0.15) is 0 Å². The van der Waals surface area contributed by atoms with Gasteiger partial charge in [-0.2, -0.15) is 0 Å². The first-order valence-electron chi connectivity index (χ1n) is 8.32. The van der Waals surface area contributed by atoms with Crippen LogP contribution in [0.2, 0.25) is 0 Å². The normalized spacial score (nSPS) is 21.7. The lowest BCUT2D eigenvalue weighted by atomic mass is 10.2. The van der Waals surface area contributed by atoms with E-state index >= 15 is 0 Å². The van der Waals surface area contributed by atoms with Crippen LogP contribution in [0.25, 0.3) is 0 Å². The van der Waals surface area contributed by atoms with Gasteiger partial charge in [0, 0.05) is 18.3 Å². The molecule has 1 aromatic carbocycles. The van der Waals surface area contributed by atoms with Crippen molar-refractivity contribution >= 4 is 11.7 Å². The molecule has 2 fully saturated rings. The molecule has 2 aliphatic rings. The van der Waals surface area contributed by atoms with Gasteiger partial charge in [-0.25, -0.2) is 9.18 Å². The van der Waals surface area contributed by atoms with Gasteiger partial charge in [-0.15, -0.1) is 0 Å². The van der Waals surface area contributed by atoms with Crippen LogP contribution in [0.5, 0.6) is 5.75 Å². The molecular formula is C17H23FN2O3. The van der Waals surface area contributed by atoms with Crippen molar-refractivity contribution in [3.63, 3.8) is 0 Å². The predicted molar refractivity (Wildman–Crippen MR) is 85.1 cm³/mol. The Morgan fingerprint density at radius 2 is 2.09 bits per heavy atom. The molecule has 0 spiro atoms. The highest BCUT2D eigenvalue weighted by atomic mass is 19.1. The molecular weight excluding hydrogens is 299 g/mol. The van der Waals surface area contributed by atoms with Crippen LogP contribution in [0.1, 0.15) is 38.5 Å². The number of likely N-dealkylation sites (tertiary alicyclic amines) is 1. The van der Waals surface area contributed by atoms with E-state index in [1.165, 1.54) is 6.07 Å². The standard InChI is InChI=1S/C17H23FN2O3/c18-15-10-12(7-8-16(15)23-14-5-1-2-6-14)19-17(22)20-9-3-4-13(20)11-21/h7-8,10,13-14,21H,1-6,9,11H2,(H,19,22)/t13-/m0/s1. The Hall–Kier alpha value is -1.82. The molecule has 126 valence electrons. The summed E-state index contributed by atoms with van der Waals surface area (Å²) in [5, 5.41) is 12.0. The van der Waals surface area contributed by atoms with E-state index < -0.39 is 5.82 Å². The molecule has 6 heteroatoms. The number of amides is 2. The number of benzene rings is 1. The van der Waals surface area contributed by atoms with E-state index in [9.17, 15) is 14.3 Å². The average molecular weight is 322 g/mol. The number of ether oxygens (including phenoxy) is 1. The van der Waals surface area contributed by atoms with Crippen molar-refractivity contribution in [2.45, 2.75) is 50.7 Å². The summed E-state index contributed by atoms with van der Waals surface area (Å²) in [7, 11) is 0. The van der Waals surface area contributed by atoms with Crippen molar-refractivity contribution in [3.8, 4) is 5.75 Å². The number of aliphatic hydroxyl groups excluding tert-OH is 1. The molecule has 0 unspecified atom stereocenters. The van der Waals surface area contributed by atoms with Crippen molar-refractivity contribution in [2.75, 3.05) is 18.5 Å². The van der Waals surface area contributed by atoms with Crippen molar-refractivity contribution in [1.29, 1.82) is 0 Å². The molecule has 0 radical (unpaired) electrons. The smallest absolute Gasteiger partial charge is 0.322 e. The van der Waals surface area contributed by atoms with E-state index in [2.05, 4.69) is 5.32 Å². The van der Waals surface area contributed by atoms with Gasteiger partial charge < -0.3 is 20.1 Å². The Kier molecular flexibility index (Phi) is 5.00. The minimum absolute atomic E-state index is 0.0457. The van der Waals surface area contributed by atoms with Gasteiger partial charge in [0.2, 0.25) is 0 Å². The first-order chi connectivity index (χ1) is 11.2. The fourth-order valence-electron chi connectivity index (χ4n) is 3.35. The summed E-state index contributed by atoms with van der Waals surface area (Å²) in [5.74, 6) is -0.223. The van der Waals surface area contributed by atoms with Crippen LogP contribution in [0, 0.1) is 5.82 Å². The molecule has 2 amide bonds. The SMILES string of the molecule is O=C(Nc1ccc(OC2CCCC2)c(F)c1)N1CCC[C@H]1CO. The van der Waals surface area contributed by atoms with E-state index in [1.807, 2.05) is 0 Å². The number of halogens is 1. The molecule has 0 aromatic heterocycles. The quantitative estimate of drug-likeness (QED) is 0.895. The lowest BCUT2D eigenvalue weighted by molar-refractivity contribution is 0.166. The van der Waals surface area contributed by atoms with Gasteiger partial charge in [0.05, 0.1) is 18.8 Å². The van der Waals surface area contributed by atoms with Crippen LogP contribution < -0.4 is 10.1 Å². The molecule has 2 N–H and O–H groups in total. The number of anilines is 1. The lowest BCUT2D eigenvalue weighted by Crippen LogP contribution is -2.40. The summed E-state index contributed by atoms with van der Waals surface area (Å²) < 4.78 is 19.8. The average Bonchev–Trinajstić information content (AvgIpc) is 3.20. The van der Waals surface area contributed by atoms with Crippen LogP contribution in [-0.4, -0.2) is 41.3 Å². The maximum absolute atomic E-state index is 14.1. The second-order valence-electron chi connectivity index (χ2n) is 6.27. The zero-order chi connectivity index (χ0) is 16.2. The monoisotopic (exact) mass is 322 g/mol. The Bertz CT molecular complexity index is 561. The number of rotatable bonds is 4. The van der Waals surface area contributed by atoms with Crippen molar-refractivity contribution in [2.24, 2.45) is 0 Å². The molecule has 0 bridgehead atoms. The summed E-state index contributed by atoms with van der Waals surface area (Å²) in [6.45, 7) is 0.568. The Morgan fingerprint density at radius 1 is 1.30 bits per heavy atom. The minimum Gasteiger partial charge on any atom is -0.487 e. The van der Waals surface area contributed by atoms with E-state index in [0.29, 0.717) is 12.2 Å². The molecule has 1 heterocycles. The van der Waals surface area contributed by atoms with Crippen molar-refractivity contribution < 1.29 is 19.0 Å². The van der Waals surface area contributed by atoms with Gasteiger partial charge in [0.15, 0.2) is 11.6 Å². The molecule has 1 saturated carbocycles. The number of carbonyl (C=O) groups excluding carboxylic acids is 1. The third-order valence-corrected chi connectivity index (χ3v) is 4.63. The number of nitrogens with zero attached hydrogens (tertiary/aromatic N) is 1. The van der Waals surface area contributed by atoms with Crippen molar-refractivity contribution in [1.82, 2.24) is 4.90 Å². The largest absolute Gasteiger partial charge is 0.487 e. The number of aliphatic hydroxyl groups is 1. The van der Waals surface area contributed by atoms with Crippen LogP contribution in [-0.2, 0) is 0 Å². The molecule has 23 heavy (non-hydrogen) atoms. The van der Waals surface area contributed by atoms with Gasteiger partial charge in [-0.3, -0.25) is 0 Å². The molecule has 1 aliphatic heterocycles. The zero-order valence-electron chi connectivity index (χ0n) is 13.1. The first kappa shape index (κ1) is 16.1. The van der Waals surface area contributed by atoms with Crippen LogP contribution in [0.3, 0.4) is 0 Å². The van der Waals surface area contributed by atoms with E-state index in [4.69, 9.17) is 4.74 Å². The fourth-order valence-corrected chi connectivity index (χ4v) is 3.35. The van der Waals surface area contributed by atoms with Crippen LogP contribution in [0.4, 0.5) is 14.9 Å². The third-order valence-electron chi connectivity index (χ3n) is 4.63. The number of carbonyl (C=O) groups is 1. The number of urea groups is 1. The Morgan fingerprint density at radius 3 is 2.78 bits per heavy atom. The van der Waals surface area contributed by atoms with E-state index in [0.717, 1.165) is 38.5 Å². The summed E-state index contributed by atoms with van der Waals surface area (Å²) >= 11 is 0. The molecule has 3 rings (SSSR count). The topological polar surface area (TPSA) is 61.8 Å². The number of hydrogen-bond acceptors (Lipinski definition) is 3. The minimum atomic E-state index is -0.463. The molecule has 1 saturated heterocycles. The maximum atomic E-state index is 14.1. The maximum Gasteiger partial charge on any atom is 0.322 e. The summed E-state index contributed by atoms with van der Waals surface area (Å²) in [5.41, 5.74) is 0.398. The summed E-state index contributed by atoms with van der Waals surface area (Å²) in [4.78, 5) is 13.8.